The van der Waals surface area contributed by atoms with Crippen molar-refractivity contribution >= 4 is 11.0 Å². The monoisotopic (exact) mass is 426 g/mol. The summed E-state index contributed by atoms with van der Waals surface area (Å²) in [6.07, 6.45) is -1.82. The Morgan fingerprint density at radius 3 is 2.65 bits per heavy atom. The summed E-state index contributed by atoms with van der Waals surface area (Å²) in [5.74, 6) is 0.900. The molecule has 2 aromatic carbocycles. The Morgan fingerprint density at radius 2 is 1.90 bits per heavy atom. The summed E-state index contributed by atoms with van der Waals surface area (Å²) >= 11 is 0. The Hall–Kier alpha value is -3.32. The van der Waals surface area contributed by atoms with E-state index in [0.29, 0.717) is 29.2 Å². The van der Waals surface area contributed by atoms with Gasteiger partial charge in [-0.15, -0.1) is 0 Å². The van der Waals surface area contributed by atoms with Crippen molar-refractivity contribution < 1.29 is 22.3 Å². The molecule has 31 heavy (non-hydrogen) atoms. The fourth-order valence-electron chi connectivity index (χ4n) is 3.42. The van der Waals surface area contributed by atoms with Gasteiger partial charge < -0.3 is 14.5 Å². The van der Waals surface area contributed by atoms with Gasteiger partial charge in [0.1, 0.15) is 5.76 Å². The van der Waals surface area contributed by atoms with Crippen molar-refractivity contribution in [3.05, 3.63) is 83.7 Å². The lowest BCUT2D eigenvalue weighted by atomic mass is 10.1. The minimum absolute atomic E-state index is 0.361. The van der Waals surface area contributed by atoms with Gasteiger partial charge in [0, 0.05) is 42.4 Å². The number of benzene rings is 2. The number of furan rings is 1. The van der Waals surface area contributed by atoms with Crippen LogP contribution in [0.4, 0.5) is 13.2 Å². The van der Waals surface area contributed by atoms with E-state index in [1.807, 2.05) is 30.3 Å². The molecule has 1 N–H and O–H groups in total. The standard InChI is InChI=1S/C24H21F3N2O2/c1-30-22-12-16(15-28-10-8-20-7-2-3-9-29-20)11-18-14-21(31-23(18)22)17-5-4-6-19(13-17)24(25,26)27/h2-7,9,11-14,28H,8,10,15H2,1H3. The van der Waals surface area contributed by atoms with Crippen LogP contribution in [0.3, 0.4) is 0 Å². The van der Waals surface area contributed by atoms with Gasteiger partial charge in [0.05, 0.1) is 12.7 Å². The molecule has 2 heterocycles. The molecule has 0 saturated heterocycles. The second-order valence-electron chi connectivity index (χ2n) is 7.15. The number of methoxy groups -OCH3 is 1. The average molecular weight is 426 g/mol. The Labute approximate surface area is 177 Å². The average Bonchev–Trinajstić information content (AvgIpc) is 3.21. The lowest BCUT2D eigenvalue weighted by Crippen LogP contribution is -2.17. The zero-order valence-corrected chi connectivity index (χ0v) is 16.9. The van der Waals surface area contributed by atoms with Crippen LogP contribution >= 0.6 is 0 Å². The zero-order valence-electron chi connectivity index (χ0n) is 16.9. The van der Waals surface area contributed by atoms with E-state index in [1.54, 1.807) is 25.4 Å². The molecule has 0 aliphatic rings. The number of pyridine rings is 1. The molecule has 2 aromatic heterocycles. The fraction of sp³-hybridized carbons (Fsp3) is 0.208. The van der Waals surface area contributed by atoms with Crippen molar-refractivity contribution in [1.29, 1.82) is 0 Å². The smallest absolute Gasteiger partial charge is 0.416 e. The molecule has 0 unspecified atom stereocenters. The number of nitrogens with one attached hydrogen (secondary N) is 1. The van der Waals surface area contributed by atoms with E-state index in [4.69, 9.17) is 9.15 Å². The Bertz CT molecular complexity index is 1170. The van der Waals surface area contributed by atoms with Crippen LogP contribution in [0.15, 0.2) is 71.3 Å². The first-order valence-electron chi connectivity index (χ1n) is 9.83. The van der Waals surface area contributed by atoms with Crippen molar-refractivity contribution in [2.75, 3.05) is 13.7 Å². The maximum absolute atomic E-state index is 13.1. The van der Waals surface area contributed by atoms with Crippen molar-refractivity contribution in [2.45, 2.75) is 19.1 Å². The van der Waals surface area contributed by atoms with E-state index >= 15 is 0 Å². The number of halogens is 3. The number of aromatic nitrogens is 1. The van der Waals surface area contributed by atoms with E-state index in [-0.39, 0.29) is 0 Å². The lowest BCUT2D eigenvalue weighted by Gasteiger charge is -2.08. The van der Waals surface area contributed by atoms with Crippen LogP contribution < -0.4 is 10.1 Å². The Morgan fingerprint density at radius 1 is 1.03 bits per heavy atom. The number of fused-ring (bicyclic) bond motifs is 1. The highest BCUT2D eigenvalue weighted by Gasteiger charge is 2.30. The van der Waals surface area contributed by atoms with Crippen LogP contribution in [-0.4, -0.2) is 18.6 Å². The van der Waals surface area contributed by atoms with Crippen molar-refractivity contribution in [3.63, 3.8) is 0 Å². The lowest BCUT2D eigenvalue weighted by molar-refractivity contribution is -0.137. The molecule has 0 atom stereocenters. The van der Waals surface area contributed by atoms with E-state index in [2.05, 4.69) is 10.3 Å². The van der Waals surface area contributed by atoms with Gasteiger partial charge in [-0.3, -0.25) is 4.98 Å². The van der Waals surface area contributed by atoms with Crippen LogP contribution in [0, 0.1) is 0 Å². The molecule has 160 valence electrons. The molecule has 0 amide bonds. The van der Waals surface area contributed by atoms with Gasteiger partial charge >= 0.3 is 6.18 Å². The van der Waals surface area contributed by atoms with E-state index < -0.39 is 11.7 Å². The first-order valence-corrected chi connectivity index (χ1v) is 9.83. The third-order valence-electron chi connectivity index (χ3n) is 4.95. The molecule has 0 aliphatic carbocycles. The SMILES string of the molecule is COc1cc(CNCCc2ccccn2)cc2cc(-c3cccc(C(F)(F)F)c3)oc12. The number of ether oxygens (including phenoxy) is 1. The molecule has 0 spiro atoms. The highest BCUT2D eigenvalue weighted by Crippen LogP contribution is 2.37. The van der Waals surface area contributed by atoms with Crippen LogP contribution in [-0.2, 0) is 19.1 Å². The van der Waals surface area contributed by atoms with Crippen LogP contribution in [0.1, 0.15) is 16.8 Å². The van der Waals surface area contributed by atoms with Crippen LogP contribution in [0.5, 0.6) is 5.75 Å². The second kappa shape index (κ2) is 8.81. The van der Waals surface area contributed by atoms with Crippen molar-refractivity contribution in [3.8, 4) is 17.1 Å². The van der Waals surface area contributed by atoms with Gasteiger partial charge in [0.2, 0.25) is 0 Å². The molecule has 0 aliphatic heterocycles. The number of hydrogen-bond donors (Lipinski definition) is 1. The molecular formula is C24H21F3N2O2. The summed E-state index contributed by atoms with van der Waals surface area (Å²) in [4.78, 5) is 4.30. The maximum atomic E-state index is 13.1. The van der Waals surface area contributed by atoms with Crippen molar-refractivity contribution in [1.82, 2.24) is 10.3 Å². The highest BCUT2D eigenvalue weighted by atomic mass is 19.4. The third-order valence-corrected chi connectivity index (χ3v) is 4.95. The predicted octanol–water partition coefficient (Wildman–Crippen LogP) is 5.85. The summed E-state index contributed by atoms with van der Waals surface area (Å²) in [5, 5.41) is 4.15. The molecule has 4 aromatic rings. The third kappa shape index (κ3) is 4.88. The molecule has 0 fully saturated rings. The number of rotatable bonds is 7. The summed E-state index contributed by atoms with van der Waals surface area (Å²) in [5.41, 5.74) is 2.16. The molecule has 0 saturated carbocycles. The first kappa shape index (κ1) is 20.9. The maximum Gasteiger partial charge on any atom is 0.416 e. The van der Waals surface area contributed by atoms with E-state index in [1.165, 1.54) is 6.07 Å². The topological polar surface area (TPSA) is 47.3 Å². The quantitative estimate of drug-likeness (QED) is 0.376. The number of alkyl halides is 3. The summed E-state index contributed by atoms with van der Waals surface area (Å²) < 4.78 is 50.5. The summed E-state index contributed by atoms with van der Waals surface area (Å²) in [7, 11) is 1.54. The molecule has 7 heteroatoms. The Kier molecular flexibility index (Phi) is 5.95. The predicted molar refractivity (Wildman–Crippen MR) is 113 cm³/mol. The first-order chi connectivity index (χ1) is 14.9. The molecule has 0 bridgehead atoms. The van der Waals surface area contributed by atoms with E-state index in [0.717, 1.165) is 41.7 Å². The van der Waals surface area contributed by atoms with Gasteiger partial charge in [-0.25, -0.2) is 0 Å². The van der Waals surface area contributed by atoms with E-state index in [9.17, 15) is 13.2 Å². The summed E-state index contributed by atoms with van der Waals surface area (Å²) in [6.45, 7) is 1.38. The largest absolute Gasteiger partial charge is 0.493 e. The molecule has 0 radical (unpaired) electrons. The minimum atomic E-state index is -4.41. The summed E-state index contributed by atoms with van der Waals surface area (Å²) in [6, 6.07) is 16.5. The molecular weight excluding hydrogens is 405 g/mol. The van der Waals surface area contributed by atoms with Crippen LogP contribution in [0.25, 0.3) is 22.3 Å². The number of hydrogen-bond acceptors (Lipinski definition) is 4. The fourth-order valence-corrected chi connectivity index (χ4v) is 3.42. The zero-order chi connectivity index (χ0) is 21.8. The van der Waals surface area contributed by atoms with Gasteiger partial charge in [-0.05, 0) is 48.0 Å². The Balaban J connectivity index is 1.54. The number of nitrogens with zero attached hydrogens (tertiary/aromatic N) is 1. The van der Waals surface area contributed by atoms with Crippen molar-refractivity contribution in [2.24, 2.45) is 0 Å². The molecule has 4 rings (SSSR count). The highest BCUT2D eigenvalue weighted by molar-refractivity contribution is 5.88. The second-order valence-corrected chi connectivity index (χ2v) is 7.15. The van der Waals surface area contributed by atoms with Crippen LogP contribution in [0.2, 0.25) is 0 Å². The van der Waals surface area contributed by atoms with Gasteiger partial charge in [0.25, 0.3) is 0 Å². The molecule has 4 nitrogen and oxygen atoms in total. The van der Waals surface area contributed by atoms with Gasteiger partial charge in [0.15, 0.2) is 11.3 Å². The van der Waals surface area contributed by atoms with Gasteiger partial charge in [-0.2, -0.15) is 13.2 Å². The van der Waals surface area contributed by atoms with Gasteiger partial charge in [-0.1, -0.05) is 18.2 Å². The normalized spacial score (nSPS) is 11.7. The minimum Gasteiger partial charge on any atom is -0.493 e.